The summed E-state index contributed by atoms with van der Waals surface area (Å²) < 4.78 is 10.8. The van der Waals surface area contributed by atoms with Crippen molar-refractivity contribution in [2.45, 2.75) is 18.6 Å². The fourth-order valence-corrected chi connectivity index (χ4v) is 2.26. The highest BCUT2D eigenvalue weighted by molar-refractivity contribution is 5.82. The molecule has 1 aliphatic rings. The maximum atomic E-state index is 12.2. The zero-order valence-electron chi connectivity index (χ0n) is 12.0. The van der Waals surface area contributed by atoms with Crippen molar-refractivity contribution in [3.8, 4) is 5.75 Å². The second-order valence-electron chi connectivity index (χ2n) is 4.98. The van der Waals surface area contributed by atoms with Crippen LogP contribution in [-0.4, -0.2) is 56.8 Å². The Morgan fingerprint density at radius 1 is 1.40 bits per heavy atom. The van der Waals surface area contributed by atoms with Crippen molar-refractivity contribution >= 4 is 5.91 Å². The fourth-order valence-electron chi connectivity index (χ4n) is 2.26. The number of likely N-dealkylation sites (N-methyl/N-ethyl adjacent to an activating group) is 1. The van der Waals surface area contributed by atoms with Crippen molar-refractivity contribution < 1.29 is 14.3 Å². The van der Waals surface area contributed by atoms with Gasteiger partial charge in [-0.25, -0.2) is 0 Å². The van der Waals surface area contributed by atoms with E-state index >= 15 is 0 Å². The summed E-state index contributed by atoms with van der Waals surface area (Å²) in [6, 6.07) is 9.48. The summed E-state index contributed by atoms with van der Waals surface area (Å²) in [7, 11) is 3.48. The van der Waals surface area contributed by atoms with E-state index in [1.165, 1.54) is 0 Å². The molecule has 0 aromatic heterocycles. The van der Waals surface area contributed by atoms with Crippen LogP contribution in [0.2, 0.25) is 0 Å². The minimum absolute atomic E-state index is 0.0983. The molecule has 0 bridgehead atoms. The molecule has 1 aromatic rings. The van der Waals surface area contributed by atoms with E-state index < -0.39 is 0 Å². The zero-order valence-corrected chi connectivity index (χ0v) is 12.0. The van der Waals surface area contributed by atoms with Crippen LogP contribution in [0, 0.1) is 0 Å². The molecule has 0 aliphatic carbocycles. The van der Waals surface area contributed by atoms with Crippen LogP contribution < -0.4 is 10.1 Å². The Balaban J connectivity index is 1.72. The predicted molar refractivity (Wildman–Crippen MR) is 76.8 cm³/mol. The standard InChI is InChI=1S/C15H22N2O3/c1-17(8-9-20-12-6-4-3-5-7-12)15(18)14-10-13(19-2)11-16-14/h3-7,13-14,16H,8-11H2,1-2H3. The summed E-state index contributed by atoms with van der Waals surface area (Å²) in [6.45, 7) is 1.80. The largest absolute Gasteiger partial charge is 0.492 e. The molecule has 5 nitrogen and oxygen atoms in total. The molecule has 1 saturated heterocycles. The Morgan fingerprint density at radius 2 is 2.15 bits per heavy atom. The van der Waals surface area contributed by atoms with E-state index in [2.05, 4.69) is 5.32 Å². The Hall–Kier alpha value is -1.59. The third kappa shape index (κ3) is 3.95. The van der Waals surface area contributed by atoms with E-state index in [1.807, 2.05) is 30.3 Å². The number of amides is 1. The highest BCUT2D eigenvalue weighted by atomic mass is 16.5. The summed E-state index contributed by atoms with van der Waals surface area (Å²) >= 11 is 0. The van der Waals surface area contributed by atoms with Gasteiger partial charge in [-0.1, -0.05) is 18.2 Å². The van der Waals surface area contributed by atoms with Crippen LogP contribution in [0.3, 0.4) is 0 Å². The third-order valence-electron chi connectivity index (χ3n) is 3.54. The lowest BCUT2D eigenvalue weighted by Gasteiger charge is -2.21. The van der Waals surface area contributed by atoms with Crippen molar-refractivity contribution in [2.75, 3.05) is 33.9 Å². The maximum Gasteiger partial charge on any atom is 0.239 e. The van der Waals surface area contributed by atoms with Crippen molar-refractivity contribution in [1.82, 2.24) is 10.2 Å². The monoisotopic (exact) mass is 278 g/mol. The Kier molecular flexibility index (Phi) is 5.38. The lowest BCUT2D eigenvalue weighted by atomic mass is 10.2. The Labute approximate surface area is 119 Å². The van der Waals surface area contributed by atoms with Crippen LogP contribution in [0.1, 0.15) is 6.42 Å². The van der Waals surface area contributed by atoms with Crippen LogP contribution in [0.15, 0.2) is 30.3 Å². The lowest BCUT2D eigenvalue weighted by Crippen LogP contribution is -2.43. The van der Waals surface area contributed by atoms with E-state index in [-0.39, 0.29) is 18.1 Å². The molecule has 0 saturated carbocycles. The first kappa shape index (κ1) is 14.8. The molecule has 20 heavy (non-hydrogen) atoms. The van der Waals surface area contributed by atoms with Gasteiger partial charge in [-0.05, 0) is 18.6 Å². The van der Waals surface area contributed by atoms with Crippen molar-refractivity contribution in [3.63, 3.8) is 0 Å². The van der Waals surface area contributed by atoms with Crippen molar-refractivity contribution in [1.29, 1.82) is 0 Å². The van der Waals surface area contributed by atoms with Gasteiger partial charge in [0.15, 0.2) is 0 Å². The molecule has 1 aromatic carbocycles. The first-order valence-corrected chi connectivity index (χ1v) is 6.89. The number of carbonyl (C=O) groups is 1. The first-order chi connectivity index (χ1) is 9.70. The van der Waals surface area contributed by atoms with E-state index in [0.717, 1.165) is 18.7 Å². The molecule has 2 atom stereocenters. The molecule has 1 N–H and O–H groups in total. The van der Waals surface area contributed by atoms with Gasteiger partial charge in [0.1, 0.15) is 12.4 Å². The molecular weight excluding hydrogens is 256 g/mol. The van der Waals surface area contributed by atoms with E-state index in [0.29, 0.717) is 13.2 Å². The van der Waals surface area contributed by atoms with E-state index in [4.69, 9.17) is 9.47 Å². The molecule has 5 heteroatoms. The van der Waals surface area contributed by atoms with Gasteiger partial charge in [0, 0.05) is 20.7 Å². The van der Waals surface area contributed by atoms with Crippen molar-refractivity contribution in [2.24, 2.45) is 0 Å². The molecule has 1 fully saturated rings. The van der Waals surface area contributed by atoms with Crippen LogP contribution in [0.25, 0.3) is 0 Å². The minimum atomic E-state index is -0.137. The van der Waals surface area contributed by atoms with Gasteiger partial charge >= 0.3 is 0 Å². The summed E-state index contributed by atoms with van der Waals surface area (Å²) in [5.41, 5.74) is 0. The Bertz CT molecular complexity index is 424. The molecule has 0 spiro atoms. The van der Waals surface area contributed by atoms with Gasteiger partial charge in [-0.3, -0.25) is 4.79 Å². The topological polar surface area (TPSA) is 50.8 Å². The summed E-state index contributed by atoms with van der Waals surface area (Å²) in [4.78, 5) is 13.9. The third-order valence-corrected chi connectivity index (χ3v) is 3.54. The molecule has 1 heterocycles. The van der Waals surface area contributed by atoms with Gasteiger partial charge in [-0.15, -0.1) is 0 Å². The maximum absolute atomic E-state index is 12.2. The average Bonchev–Trinajstić information content (AvgIpc) is 2.96. The van der Waals surface area contributed by atoms with Gasteiger partial charge < -0.3 is 19.7 Å². The quantitative estimate of drug-likeness (QED) is 0.840. The summed E-state index contributed by atoms with van der Waals surface area (Å²) in [5, 5.41) is 3.19. The van der Waals surface area contributed by atoms with Crippen LogP contribution >= 0.6 is 0 Å². The van der Waals surface area contributed by atoms with Gasteiger partial charge in [0.25, 0.3) is 0 Å². The second-order valence-corrected chi connectivity index (χ2v) is 4.98. The number of nitrogens with one attached hydrogen (secondary N) is 1. The molecule has 1 amide bonds. The second kappa shape index (κ2) is 7.26. The average molecular weight is 278 g/mol. The highest BCUT2D eigenvalue weighted by Crippen LogP contribution is 2.12. The van der Waals surface area contributed by atoms with Gasteiger partial charge in [0.2, 0.25) is 5.91 Å². The number of para-hydroxylation sites is 1. The van der Waals surface area contributed by atoms with E-state index in [1.54, 1.807) is 19.1 Å². The number of methoxy groups -OCH3 is 1. The smallest absolute Gasteiger partial charge is 0.239 e. The number of rotatable bonds is 6. The molecular formula is C15H22N2O3. The SMILES string of the molecule is COC1CNC(C(=O)N(C)CCOc2ccccc2)C1. The number of carbonyl (C=O) groups excluding carboxylic acids is 1. The van der Waals surface area contributed by atoms with Crippen LogP contribution in [-0.2, 0) is 9.53 Å². The number of hydrogen-bond donors (Lipinski definition) is 1. The van der Waals surface area contributed by atoms with E-state index in [9.17, 15) is 4.79 Å². The van der Waals surface area contributed by atoms with Gasteiger partial charge in [-0.2, -0.15) is 0 Å². The fraction of sp³-hybridized carbons (Fsp3) is 0.533. The highest BCUT2D eigenvalue weighted by Gasteiger charge is 2.30. The first-order valence-electron chi connectivity index (χ1n) is 6.89. The van der Waals surface area contributed by atoms with Crippen LogP contribution in [0.4, 0.5) is 0 Å². The van der Waals surface area contributed by atoms with Crippen molar-refractivity contribution in [3.05, 3.63) is 30.3 Å². The number of benzene rings is 1. The normalized spacial score (nSPS) is 21.7. The molecule has 110 valence electrons. The van der Waals surface area contributed by atoms with Crippen LogP contribution in [0.5, 0.6) is 5.75 Å². The predicted octanol–water partition coefficient (Wildman–Crippen LogP) is 0.901. The lowest BCUT2D eigenvalue weighted by molar-refractivity contribution is -0.132. The number of hydrogen-bond acceptors (Lipinski definition) is 4. The summed E-state index contributed by atoms with van der Waals surface area (Å²) in [6.07, 6.45) is 0.872. The Morgan fingerprint density at radius 3 is 2.80 bits per heavy atom. The number of ether oxygens (including phenoxy) is 2. The number of nitrogens with zero attached hydrogens (tertiary/aromatic N) is 1. The molecule has 1 aliphatic heterocycles. The molecule has 2 rings (SSSR count). The summed E-state index contributed by atoms with van der Waals surface area (Å²) in [5.74, 6) is 0.924. The zero-order chi connectivity index (χ0) is 14.4. The van der Waals surface area contributed by atoms with Gasteiger partial charge in [0.05, 0.1) is 18.7 Å². The molecule has 2 unspecified atom stereocenters. The molecule has 0 radical (unpaired) electrons. The minimum Gasteiger partial charge on any atom is -0.492 e.